The van der Waals surface area contributed by atoms with Crippen LogP contribution in [0, 0.1) is 60.2 Å². The molecule has 0 aromatic carbocycles. The van der Waals surface area contributed by atoms with Crippen LogP contribution in [0.4, 0.5) is 0 Å². The second-order valence-corrected chi connectivity index (χ2v) is 11.1. The van der Waals surface area contributed by atoms with Crippen LogP contribution in [0.1, 0.15) is 85.5 Å². The third-order valence-electron chi connectivity index (χ3n) is 10.2. The van der Waals surface area contributed by atoms with Gasteiger partial charge in [-0.1, -0.05) is 27.7 Å². The molecule has 0 aromatic rings. The molecular weight excluding hydrogens is 394 g/mol. The van der Waals surface area contributed by atoms with Crippen molar-refractivity contribution in [3.05, 3.63) is 0 Å². The molecule has 8 atom stereocenters. The van der Waals surface area contributed by atoms with Crippen LogP contribution in [0.2, 0.25) is 0 Å². The smallest absolute Gasteiger partial charge is 0.0597 e. The minimum Gasteiger partial charge on any atom is -0.393 e. The van der Waals surface area contributed by atoms with Crippen LogP contribution < -0.4 is 0 Å². The van der Waals surface area contributed by atoms with Gasteiger partial charge in [-0.05, 0) is 105 Å². The topological polar surface area (TPSA) is 32.7 Å². The summed E-state index contributed by atoms with van der Waals surface area (Å²) in [5.41, 5.74) is 0.742. The molecule has 3 nitrogen and oxygen atoms in total. The molecule has 182 valence electrons. The van der Waals surface area contributed by atoms with Crippen LogP contribution in [0.3, 0.4) is 0 Å². The van der Waals surface area contributed by atoms with E-state index >= 15 is 0 Å². The first-order valence-electron chi connectivity index (χ1n) is 13.1. The summed E-state index contributed by atoms with van der Waals surface area (Å²) >= 11 is 0. The number of hydrogen-bond donors (Lipinski definition) is 1. The second-order valence-electron chi connectivity index (χ2n) is 11.1. The van der Waals surface area contributed by atoms with Crippen LogP contribution in [0.5, 0.6) is 0 Å². The fourth-order valence-electron chi connectivity index (χ4n) is 8.23. The monoisotopic (exact) mass is 443 g/mol. The molecule has 0 saturated heterocycles. The standard InChI is InChI=1S/C25H45NO2.2C2H2/c1-5-26(6-2)15-16-28-19-11-13-24(3)18(17-19)7-8-20-21-9-10-23(27)25(21,4)14-12-22(20)24;2*1-2/h18-23,27H,5-17H2,1-4H3;2*1-2H/t18?,19-,20?,21?,22?,23-,24-,25-;;/m0../s1. The fraction of sp³-hybridized carbons (Fsp3) is 0.862. The van der Waals surface area contributed by atoms with Crippen LogP contribution >= 0.6 is 0 Å². The van der Waals surface area contributed by atoms with Gasteiger partial charge in [0, 0.05) is 6.54 Å². The maximum absolute atomic E-state index is 10.6. The van der Waals surface area contributed by atoms with Crippen molar-refractivity contribution in [2.75, 3.05) is 26.2 Å². The van der Waals surface area contributed by atoms with Crippen molar-refractivity contribution in [2.45, 2.75) is 97.7 Å². The highest BCUT2D eigenvalue weighted by atomic mass is 16.5. The lowest BCUT2D eigenvalue weighted by atomic mass is 9.45. The Labute approximate surface area is 199 Å². The van der Waals surface area contributed by atoms with Gasteiger partial charge in [0.25, 0.3) is 0 Å². The molecular formula is C29H49NO2. The molecule has 4 fully saturated rings. The van der Waals surface area contributed by atoms with Crippen molar-refractivity contribution in [1.82, 2.24) is 4.90 Å². The van der Waals surface area contributed by atoms with E-state index in [0.717, 1.165) is 56.3 Å². The minimum absolute atomic E-state index is 0.0427. The number of likely N-dealkylation sites (N-methyl/N-ethyl adjacent to an activating group) is 1. The zero-order chi connectivity index (χ0) is 23.9. The highest BCUT2D eigenvalue weighted by molar-refractivity contribution is 5.09. The van der Waals surface area contributed by atoms with Gasteiger partial charge < -0.3 is 14.7 Å². The molecule has 0 spiro atoms. The third kappa shape index (κ3) is 5.06. The van der Waals surface area contributed by atoms with Gasteiger partial charge in [-0.25, -0.2) is 0 Å². The molecule has 4 unspecified atom stereocenters. The van der Waals surface area contributed by atoms with Crippen LogP contribution in [-0.2, 0) is 4.74 Å². The van der Waals surface area contributed by atoms with Crippen molar-refractivity contribution >= 4 is 0 Å². The molecule has 4 rings (SSSR count). The maximum atomic E-state index is 10.6. The predicted octanol–water partition coefficient (Wildman–Crippen LogP) is 5.62. The summed E-state index contributed by atoms with van der Waals surface area (Å²) in [5, 5.41) is 10.6. The van der Waals surface area contributed by atoms with Crippen molar-refractivity contribution in [3.63, 3.8) is 0 Å². The molecule has 4 aliphatic carbocycles. The first-order valence-corrected chi connectivity index (χ1v) is 13.1. The number of ether oxygens (including phenoxy) is 1. The number of aliphatic hydroxyl groups excluding tert-OH is 1. The Morgan fingerprint density at radius 3 is 2.12 bits per heavy atom. The molecule has 0 bridgehead atoms. The van der Waals surface area contributed by atoms with Gasteiger partial charge in [0.1, 0.15) is 0 Å². The molecule has 1 N–H and O–H groups in total. The van der Waals surface area contributed by atoms with E-state index in [1.54, 1.807) is 0 Å². The van der Waals surface area contributed by atoms with E-state index in [0.29, 0.717) is 11.5 Å². The van der Waals surface area contributed by atoms with Crippen LogP contribution in [-0.4, -0.2) is 48.5 Å². The SMILES string of the molecule is C#C.C#C.CCN(CC)CCO[C@H]1CC[C@@]2(C)C(CCC3C2CC[C@@]2(C)C3CC[C@@H]2O)C1. The molecule has 3 heteroatoms. The van der Waals surface area contributed by atoms with Crippen molar-refractivity contribution in [3.8, 4) is 25.7 Å². The minimum atomic E-state index is -0.0427. The third-order valence-corrected chi connectivity index (χ3v) is 10.2. The summed E-state index contributed by atoms with van der Waals surface area (Å²) in [6.45, 7) is 13.8. The summed E-state index contributed by atoms with van der Waals surface area (Å²) in [5.74, 6) is 3.40. The Morgan fingerprint density at radius 2 is 1.47 bits per heavy atom. The number of hydrogen-bond acceptors (Lipinski definition) is 3. The number of nitrogens with zero attached hydrogens (tertiary/aromatic N) is 1. The van der Waals surface area contributed by atoms with Gasteiger partial charge >= 0.3 is 0 Å². The Kier molecular flexibility index (Phi) is 10.2. The molecule has 4 aliphatic rings. The molecule has 0 aromatic heterocycles. The quantitative estimate of drug-likeness (QED) is 0.541. The van der Waals surface area contributed by atoms with Gasteiger partial charge in [0.05, 0.1) is 18.8 Å². The van der Waals surface area contributed by atoms with E-state index in [9.17, 15) is 5.11 Å². The second kappa shape index (κ2) is 11.9. The predicted molar refractivity (Wildman–Crippen MR) is 135 cm³/mol. The highest BCUT2D eigenvalue weighted by Gasteiger charge is 2.60. The average molecular weight is 444 g/mol. The van der Waals surface area contributed by atoms with Gasteiger partial charge in [-0.3, -0.25) is 0 Å². The summed E-state index contributed by atoms with van der Waals surface area (Å²) in [4.78, 5) is 2.47. The number of fused-ring (bicyclic) bond motifs is 5. The average Bonchev–Trinajstić information content (AvgIpc) is 3.14. The van der Waals surface area contributed by atoms with Crippen molar-refractivity contribution in [2.24, 2.45) is 34.5 Å². The molecule has 0 radical (unpaired) electrons. The Bertz CT molecular complexity index is 605. The van der Waals surface area contributed by atoms with E-state index < -0.39 is 0 Å². The summed E-state index contributed by atoms with van der Waals surface area (Å²) in [7, 11) is 0. The zero-order valence-electron chi connectivity index (χ0n) is 21.3. The fourth-order valence-corrected chi connectivity index (χ4v) is 8.23. The van der Waals surface area contributed by atoms with E-state index in [1.165, 1.54) is 51.4 Å². The summed E-state index contributed by atoms with van der Waals surface area (Å²) in [6, 6.07) is 0. The number of terminal acetylenes is 2. The van der Waals surface area contributed by atoms with E-state index in [1.807, 2.05) is 0 Å². The largest absolute Gasteiger partial charge is 0.393 e. The Balaban J connectivity index is 0.000000860. The van der Waals surface area contributed by atoms with Gasteiger partial charge in [0.2, 0.25) is 0 Å². The van der Waals surface area contributed by atoms with Gasteiger partial charge in [-0.2, -0.15) is 0 Å². The number of aliphatic hydroxyl groups is 1. The Morgan fingerprint density at radius 1 is 0.844 bits per heavy atom. The normalized spacial score (nSPS) is 42.3. The van der Waals surface area contributed by atoms with Crippen LogP contribution in [0.25, 0.3) is 0 Å². The molecule has 4 saturated carbocycles. The van der Waals surface area contributed by atoms with Gasteiger partial charge in [-0.15, -0.1) is 25.7 Å². The van der Waals surface area contributed by atoms with Gasteiger partial charge in [0.15, 0.2) is 0 Å². The van der Waals surface area contributed by atoms with Crippen molar-refractivity contribution in [1.29, 1.82) is 0 Å². The lowest BCUT2D eigenvalue weighted by Gasteiger charge is -2.60. The first kappa shape index (κ1) is 27.2. The molecule has 32 heavy (non-hydrogen) atoms. The maximum Gasteiger partial charge on any atom is 0.0597 e. The zero-order valence-corrected chi connectivity index (χ0v) is 21.3. The lowest BCUT2D eigenvalue weighted by Crippen LogP contribution is -2.54. The van der Waals surface area contributed by atoms with E-state index in [4.69, 9.17) is 4.74 Å². The van der Waals surface area contributed by atoms with Crippen molar-refractivity contribution < 1.29 is 9.84 Å². The number of rotatable bonds is 6. The molecule has 0 aliphatic heterocycles. The lowest BCUT2D eigenvalue weighted by molar-refractivity contribution is -0.140. The summed E-state index contributed by atoms with van der Waals surface area (Å²) < 4.78 is 6.37. The van der Waals surface area contributed by atoms with E-state index in [2.05, 4.69) is 58.3 Å². The summed E-state index contributed by atoms with van der Waals surface area (Å²) in [6.07, 6.45) is 28.1. The first-order chi connectivity index (χ1) is 15.4. The van der Waals surface area contributed by atoms with Crippen LogP contribution in [0.15, 0.2) is 0 Å². The van der Waals surface area contributed by atoms with E-state index in [-0.39, 0.29) is 11.5 Å². The molecule has 0 heterocycles. The Hall–Kier alpha value is -1.00. The molecule has 0 amide bonds. The highest BCUT2D eigenvalue weighted by Crippen LogP contribution is 2.66.